The average Bonchev–Trinajstić information content (AvgIpc) is 2.37. The molecule has 1 aliphatic rings. The smallest absolute Gasteiger partial charge is 0.229 e. The highest BCUT2D eigenvalue weighted by Gasteiger charge is 2.37. The Hall–Kier alpha value is -1.14. The predicted octanol–water partition coefficient (Wildman–Crippen LogP) is 1.02. The van der Waals surface area contributed by atoms with E-state index < -0.39 is 25.9 Å². The Labute approximate surface area is 128 Å². The van der Waals surface area contributed by atoms with Gasteiger partial charge in [0.15, 0.2) is 9.84 Å². The number of rotatable bonds is 2. The molecule has 0 N–H and O–H groups in total. The largest absolute Gasteiger partial charge is 0.244 e. The van der Waals surface area contributed by atoms with Crippen molar-refractivity contribution in [3.63, 3.8) is 0 Å². The van der Waals surface area contributed by atoms with Gasteiger partial charge in [-0.25, -0.2) is 16.8 Å². The van der Waals surface area contributed by atoms with E-state index in [4.69, 9.17) is 16.9 Å². The molecular weight excluding hydrogens is 336 g/mol. The van der Waals surface area contributed by atoms with Gasteiger partial charge in [-0.2, -0.15) is 9.57 Å². The second kappa shape index (κ2) is 5.57. The summed E-state index contributed by atoms with van der Waals surface area (Å²) in [6.07, 6.45) is 0. The van der Waals surface area contributed by atoms with Gasteiger partial charge in [0.2, 0.25) is 10.0 Å². The summed E-state index contributed by atoms with van der Waals surface area (Å²) in [5.74, 6) is -0.437. The van der Waals surface area contributed by atoms with Crippen LogP contribution < -0.4 is 0 Å². The third kappa shape index (κ3) is 3.21. The molecule has 0 radical (unpaired) electrons. The first-order valence-corrected chi connectivity index (χ1v) is 9.73. The van der Waals surface area contributed by atoms with Gasteiger partial charge in [0.25, 0.3) is 0 Å². The number of nitriles is 1. The lowest BCUT2D eigenvalue weighted by Crippen LogP contribution is -2.49. The van der Waals surface area contributed by atoms with Gasteiger partial charge in [0.1, 0.15) is 4.90 Å². The predicted molar refractivity (Wildman–Crippen MR) is 78.2 cm³/mol. The number of nitrogens with zero attached hydrogens (tertiary/aromatic N) is 2. The molecule has 0 aromatic heterocycles. The molecule has 6 nitrogen and oxygen atoms in total. The topological polar surface area (TPSA) is 95.3 Å². The molecule has 1 aliphatic heterocycles. The fourth-order valence-corrected chi connectivity index (χ4v) is 6.14. The lowest BCUT2D eigenvalue weighted by atomic mass is 10.2. The molecule has 0 saturated carbocycles. The molecule has 1 saturated heterocycles. The fourth-order valence-electron chi connectivity index (χ4n) is 2.24. The minimum Gasteiger partial charge on any atom is -0.229 e. The Morgan fingerprint density at radius 2 is 2.10 bits per heavy atom. The van der Waals surface area contributed by atoms with Gasteiger partial charge in [0.05, 0.1) is 28.2 Å². The summed E-state index contributed by atoms with van der Waals surface area (Å²) in [4.78, 5) is -0.172. The molecule has 1 unspecified atom stereocenters. The zero-order valence-corrected chi connectivity index (χ0v) is 13.5. The molecular formula is C12H13ClN2O4S2. The minimum atomic E-state index is -3.94. The van der Waals surface area contributed by atoms with E-state index in [0.717, 1.165) is 4.31 Å². The fraction of sp³-hybridized carbons (Fsp3) is 0.417. The average molecular weight is 349 g/mol. The van der Waals surface area contributed by atoms with Crippen LogP contribution in [0.15, 0.2) is 23.1 Å². The van der Waals surface area contributed by atoms with E-state index in [1.807, 2.05) is 6.07 Å². The van der Waals surface area contributed by atoms with Crippen LogP contribution in [0.4, 0.5) is 0 Å². The zero-order valence-electron chi connectivity index (χ0n) is 11.2. The van der Waals surface area contributed by atoms with Crippen LogP contribution in [0.2, 0.25) is 5.02 Å². The van der Waals surface area contributed by atoms with E-state index in [2.05, 4.69) is 0 Å². The van der Waals surface area contributed by atoms with Crippen molar-refractivity contribution in [1.29, 1.82) is 5.26 Å². The first kappa shape index (κ1) is 16.2. The number of benzene rings is 1. The van der Waals surface area contributed by atoms with Crippen molar-refractivity contribution in [2.75, 3.05) is 18.1 Å². The molecule has 1 aromatic rings. The maximum atomic E-state index is 12.6. The molecule has 114 valence electrons. The Morgan fingerprint density at radius 3 is 2.67 bits per heavy atom. The molecule has 1 fully saturated rings. The van der Waals surface area contributed by atoms with Crippen LogP contribution >= 0.6 is 11.6 Å². The molecule has 0 aliphatic carbocycles. The van der Waals surface area contributed by atoms with Crippen molar-refractivity contribution < 1.29 is 16.8 Å². The van der Waals surface area contributed by atoms with Crippen molar-refractivity contribution in [3.05, 3.63) is 28.8 Å². The molecule has 0 bridgehead atoms. The standard InChI is InChI=1S/C12H13ClN2O4S2/c1-9-8-20(16,17)5-4-15(9)21(18,19)12-6-10(7-14)2-3-11(12)13/h2-3,6,9H,4-5,8H2,1H3. The summed E-state index contributed by atoms with van der Waals surface area (Å²) in [6, 6.07) is 5.16. The van der Waals surface area contributed by atoms with Gasteiger partial charge in [-0.05, 0) is 25.1 Å². The first-order chi connectivity index (χ1) is 9.67. The van der Waals surface area contributed by atoms with Crippen LogP contribution in [0.5, 0.6) is 0 Å². The maximum Gasteiger partial charge on any atom is 0.244 e. The Bertz CT molecular complexity index is 812. The van der Waals surface area contributed by atoms with Gasteiger partial charge in [-0.3, -0.25) is 0 Å². The number of hydrogen-bond donors (Lipinski definition) is 0. The molecule has 1 heterocycles. The van der Waals surface area contributed by atoms with Gasteiger partial charge >= 0.3 is 0 Å². The monoisotopic (exact) mass is 348 g/mol. The molecule has 9 heteroatoms. The molecule has 1 aromatic carbocycles. The van der Waals surface area contributed by atoms with Gasteiger partial charge in [0, 0.05) is 12.6 Å². The Balaban J connectivity index is 2.46. The summed E-state index contributed by atoms with van der Waals surface area (Å²) in [5.41, 5.74) is 0.176. The van der Waals surface area contributed by atoms with E-state index in [1.165, 1.54) is 25.1 Å². The lowest BCUT2D eigenvalue weighted by Gasteiger charge is -2.32. The van der Waals surface area contributed by atoms with Crippen LogP contribution in [0.25, 0.3) is 0 Å². The summed E-state index contributed by atoms with van der Waals surface area (Å²) in [6.45, 7) is 1.43. The highest BCUT2D eigenvalue weighted by Crippen LogP contribution is 2.28. The molecule has 1 atom stereocenters. The number of sulfone groups is 1. The second-order valence-corrected chi connectivity index (χ2v) is 9.33. The SMILES string of the molecule is CC1CS(=O)(=O)CCN1S(=O)(=O)c1cc(C#N)ccc1Cl. The van der Waals surface area contributed by atoms with Gasteiger partial charge in [-0.1, -0.05) is 11.6 Å². The second-order valence-electron chi connectivity index (χ2n) is 4.84. The number of sulfonamides is 1. The van der Waals surface area contributed by atoms with E-state index in [1.54, 1.807) is 0 Å². The quantitative estimate of drug-likeness (QED) is 0.795. The molecule has 0 spiro atoms. The van der Waals surface area contributed by atoms with Crippen LogP contribution in [-0.2, 0) is 19.9 Å². The van der Waals surface area contributed by atoms with Crippen molar-refractivity contribution in [2.45, 2.75) is 17.9 Å². The maximum absolute atomic E-state index is 12.6. The van der Waals surface area contributed by atoms with E-state index in [9.17, 15) is 16.8 Å². The normalized spacial score (nSPS) is 22.6. The molecule has 2 rings (SSSR count). The highest BCUT2D eigenvalue weighted by molar-refractivity contribution is 7.92. The summed E-state index contributed by atoms with van der Waals surface area (Å²) >= 11 is 5.93. The molecule has 0 amide bonds. The van der Waals surface area contributed by atoms with Crippen molar-refractivity contribution in [3.8, 4) is 6.07 Å². The van der Waals surface area contributed by atoms with Crippen LogP contribution in [-0.4, -0.2) is 45.2 Å². The van der Waals surface area contributed by atoms with Crippen LogP contribution in [0.3, 0.4) is 0 Å². The van der Waals surface area contributed by atoms with Crippen molar-refractivity contribution >= 4 is 31.5 Å². The third-order valence-electron chi connectivity index (χ3n) is 3.26. The first-order valence-electron chi connectivity index (χ1n) is 6.09. The lowest BCUT2D eigenvalue weighted by molar-refractivity contribution is 0.357. The van der Waals surface area contributed by atoms with E-state index in [-0.39, 0.29) is 33.5 Å². The summed E-state index contributed by atoms with van der Waals surface area (Å²) in [5, 5.41) is 8.88. The minimum absolute atomic E-state index is 0.00892. The Morgan fingerprint density at radius 1 is 1.43 bits per heavy atom. The Kier molecular flexibility index (Phi) is 4.31. The van der Waals surface area contributed by atoms with Crippen molar-refractivity contribution in [2.24, 2.45) is 0 Å². The van der Waals surface area contributed by atoms with E-state index >= 15 is 0 Å². The summed E-state index contributed by atoms with van der Waals surface area (Å²) < 4.78 is 49.5. The van der Waals surface area contributed by atoms with Crippen LogP contribution in [0.1, 0.15) is 12.5 Å². The number of hydrogen-bond acceptors (Lipinski definition) is 5. The third-order valence-corrected chi connectivity index (χ3v) is 7.55. The summed E-state index contributed by atoms with van der Waals surface area (Å²) in [7, 11) is -7.16. The van der Waals surface area contributed by atoms with Gasteiger partial charge in [-0.15, -0.1) is 0 Å². The van der Waals surface area contributed by atoms with E-state index in [0.29, 0.717) is 0 Å². The van der Waals surface area contributed by atoms with Crippen LogP contribution in [0, 0.1) is 11.3 Å². The number of halogens is 1. The highest BCUT2D eigenvalue weighted by atomic mass is 35.5. The van der Waals surface area contributed by atoms with Gasteiger partial charge < -0.3 is 0 Å². The zero-order chi connectivity index (χ0) is 15.8. The molecule has 21 heavy (non-hydrogen) atoms. The van der Waals surface area contributed by atoms with Crippen molar-refractivity contribution in [1.82, 2.24) is 4.31 Å².